The van der Waals surface area contributed by atoms with Crippen LogP contribution in [0, 0.1) is 0 Å². The standard InChI is InChI=1S/C11H20N4O3S/c1-5-9-12-6-11(14-9)19(17,18)15(4)7-10(16)13-8(2)3/h6,8H,5,7H2,1-4H3,(H,12,14)(H,13,16). The van der Waals surface area contributed by atoms with Crippen LogP contribution in [-0.2, 0) is 21.2 Å². The van der Waals surface area contributed by atoms with Gasteiger partial charge in [0.15, 0.2) is 5.03 Å². The van der Waals surface area contributed by atoms with E-state index in [9.17, 15) is 13.2 Å². The molecule has 0 aromatic carbocycles. The van der Waals surface area contributed by atoms with Gasteiger partial charge in [0.2, 0.25) is 5.91 Å². The average Bonchev–Trinajstić information content (AvgIpc) is 2.76. The van der Waals surface area contributed by atoms with Crippen molar-refractivity contribution in [2.24, 2.45) is 0 Å². The lowest BCUT2D eigenvalue weighted by molar-refractivity contribution is -0.121. The molecule has 19 heavy (non-hydrogen) atoms. The normalized spacial score (nSPS) is 12.1. The van der Waals surface area contributed by atoms with E-state index in [4.69, 9.17) is 0 Å². The lowest BCUT2D eigenvalue weighted by Crippen LogP contribution is -2.40. The van der Waals surface area contributed by atoms with Gasteiger partial charge in [-0.2, -0.15) is 4.31 Å². The molecule has 108 valence electrons. The number of sulfonamides is 1. The highest BCUT2D eigenvalue weighted by Gasteiger charge is 2.25. The summed E-state index contributed by atoms with van der Waals surface area (Å²) in [4.78, 5) is 18.2. The number of likely N-dealkylation sites (N-methyl/N-ethyl adjacent to an activating group) is 1. The molecule has 0 unspecified atom stereocenters. The van der Waals surface area contributed by atoms with Crippen molar-refractivity contribution < 1.29 is 13.2 Å². The molecular formula is C11H20N4O3S. The molecule has 1 heterocycles. The second kappa shape index (κ2) is 6.16. The van der Waals surface area contributed by atoms with Crippen molar-refractivity contribution in [3.63, 3.8) is 0 Å². The van der Waals surface area contributed by atoms with Gasteiger partial charge in [-0.05, 0) is 13.8 Å². The average molecular weight is 288 g/mol. The smallest absolute Gasteiger partial charge is 0.260 e. The molecule has 2 N–H and O–H groups in total. The lowest BCUT2D eigenvalue weighted by Gasteiger charge is -2.16. The van der Waals surface area contributed by atoms with Crippen LogP contribution in [0.5, 0.6) is 0 Å². The summed E-state index contributed by atoms with van der Waals surface area (Å²) in [6.45, 7) is 5.28. The molecule has 1 amide bonds. The van der Waals surface area contributed by atoms with Crippen LogP contribution in [0.4, 0.5) is 0 Å². The molecule has 0 aliphatic heterocycles. The first-order valence-corrected chi connectivity index (χ1v) is 7.51. The number of nitrogens with one attached hydrogen (secondary N) is 2. The number of hydrogen-bond donors (Lipinski definition) is 2. The fourth-order valence-corrected chi connectivity index (χ4v) is 2.53. The van der Waals surface area contributed by atoms with E-state index in [0.29, 0.717) is 12.2 Å². The first-order valence-electron chi connectivity index (χ1n) is 6.07. The van der Waals surface area contributed by atoms with Crippen LogP contribution in [0.1, 0.15) is 26.6 Å². The molecule has 0 saturated heterocycles. The molecular weight excluding hydrogens is 268 g/mol. The number of imidazole rings is 1. The summed E-state index contributed by atoms with van der Waals surface area (Å²) in [5.74, 6) is 0.259. The second-order valence-electron chi connectivity index (χ2n) is 4.53. The highest BCUT2D eigenvalue weighted by atomic mass is 32.2. The molecule has 0 aliphatic rings. The molecule has 0 aliphatic carbocycles. The van der Waals surface area contributed by atoms with Gasteiger partial charge in [-0.25, -0.2) is 13.4 Å². The Morgan fingerprint density at radius 2 is 2.16 bits per heavy atom. The second-order valence-corrected chi connectivity index (χ2v) is 6.54. The Morgan fingerprint density at radius 1 is 1.53 bits per heavy atom. The monoisotopic (exact) mass is 288 g/mol. The summed E-state index contributed by atoms with van der Waals surface area (Å²) >= 11 is 0. The Kier molecular flexibility index (Phi) is 5.07. The predicted octanol–water partition coefficient (Wildman–Crippen LogP) is 0.117. The molecule has 0 saturated carbocycles. The van der Waals surface area contributed by atoms with Crippen molar-refractivity contribution in [2.75, 3.05) is 13.6 Å². The highest BCUT2D eigenvalue weighted by molar-refractivity contribution is 7.89. The number of carbonyl (C=O) groups is 1. The van der Waals surface area contributed by atoms with Crippen LogP contribution >= 0.6 is 0 Å². The molecule has 0 fully saturated rings. The molecule has 0 atom stereocenters. The SMILES string of the molecule is CCc1ncc(S(=O)(=O)N(C)CC(=O)NC(C)C)[nH]1. The Hall–Kier alpha value is -1.41. The van der Waals surface area contributed by atoms with E-state index in [0.717, 1.165) is 4.31 Å². The van der Waals surface area contributed by atoms with Gasteiger partial charge in [-0.15, -0.1) is 0 Å². The number of amides is 1. The van der Waals surface area contributed by atoms with Gasteiger partial charge in [0.1, 0.15) is 5.82 Å². The number of carbonyl (C=O) groups excluding carboxylic acids is 1. The molecule has 7 nitrogen and oxygen atoms in total. The Balaban J connectivity index is 2.79. The van der Waals surface area contributed by atoms with Crippen LogP contribution in [-0.4, -0.2) is 48.2 Å². The summed E-state index contributed by atoms with van der Waals surface area (Å²) in [5.41, 5.74) is 0. The first-order chi connectivity index (χ1) is 8.77. The maximum absolute atomic E-state index is 12.2. The molecule has 1 aromatic heterocycles. The van der Waals surface area contributed by atoms with E-state index in [1.54, 1.807) is 0 Å². The third-order valence-corrected chi connectivity index (χ3v) is 4.16. The zero-order valence-corrected chi connectivity index (χ0v) is 12.4. The maximum Gasteiger partial charge on any atom is 0.260 e. The molecule has 8 heteroatoms. The molecule has 1 rings (SSSR count). The van der Waals surface area contributed by atoms with Gasteiger partial charge >= 0.3 is 0 Å². The fraction of sp³-hybridized carbons (Fsp3) is 0.636. The van der Waals surface area contributed by atoms with E-state index in [2.05, 4.69) is 15.3 Å². The van der Waals surface area contributed by atoms with E-state index >= 15 is 0 Å². The van der Waals surface area contributed by atoms with Gasteiger partial charge < -0.3 is 10.3 Å². The number of rotatable bonds is 6. The molecule has 0 radical (unpaired) electrons. The van der Waals surface area contributed by atoms with E-state index in [1.807, 2.05) is 20.8 Å². The van der Waals surface area contributed by atoms with Crippen molar-refractivity contribution >= 4 is 15.9 Å². The van der Waals surface area contributed by atoms with Gasteiger partial charge in [-0.1, -0.05) is 6.92 Å². The predicted molar refractivity (Wildman–Crippen MR) is 71.1 cm³/mol. The van der Waals surface area contributed by atoms with Gasteiger partial charge in [0.25, 0.3) is 10.0 Å². The quantitative estimate of drug-likeness (QED) is 0.777. The Bertz CT molecular complexity index is 536. The van der Waals surface area contributed by atoms with Crippen molar-refractivity contribution in [1.29, 1.82) is 0 Å². The summed E-state index contributed by atoms with van der Waals surface area (Å²) in [6.07, 6.45) is 1.89. The number of aromatic nitrogens is 2. The molecule has 1 aromatic rings. The van der Waals surface area contributed by atoms with Crippen molar-refractivity contribution in [1.82, 2.24) is 19.6 Å². The largest absolute Gasteiger partial charge is 0.353 e. The van der Waals surface area contributed by atoms with Crippen LogP contribution < -0.4 is 5.32 Å². The van der Waals surface area contributed by atoms with Gasteiger partial charge in [0, 0.05) is 19.5 Å². The van der Waals surface area contributed by atoms with Crippen molar-refractivity contribution in [2.45, 2.75) is 38.3 Å². The van der Waals surface area contributed by atoms with Crippen LogP contribution in [0.25, 0.3) is 0 Å². The number of aryl methyl sites for hydroxylation is 1. The van der Waals surface area contributed by atoms with Crippen molar-refractivity contribution in [3.05, 3.63) is 12.0 Å². The van der Waals surface area contributed by atoms with Crippen molar-refractivity contribution in [3.8, 4) is 0 Å². The maximum atomic E-state index is 12.2. The number of nitrogens with zero attached hydrogens (tertiary/aromatic N) is 2. The number of hydrogen-bond acceptors (Lipinski definition) is 4. The molecule has 0 spiro atoms. The number of H-pyrrole nitrogens is 1. The fourth-order valence-electron chi connectivity index (χ4n) is 1.48. The third kappa shape index (κ3) is 4.03. The Labute approximate surface area is 113 Å². The zero-order chi connectivity index (χ0) is 14.6. The van der Waals surface area contributed by atoms with Gasteiger partial charge in [-0.3, -0.25) is 4.79 Å². The van der Waals surface area contributed by atoms with Crippen LogP contribution in [0.2, 0.25) is 0 Å². The summed E-state index contributed by atoms with van der Waals surface area (Å²) < 4.78 is 25.3. The van der Waals surface area contributed by atoms with E-state index in [-0.39, 0.29) is 23.5 Å². The minimum absolute atomic E-state index is 0.00389. The zero-order valence-electron chi connectivity index (χ0n) is 11.6. The summed E-state index contributed by atoms with van der Waals surface area (Å²) in [7, 11) is -2.34. The summed E-state index contributed by atoms with van der Waals surface area (Å²) in [6, 6.07) is -0.0255. The highest BCUT2D eigenvalue weighted by Crippen LogP contribution is 2.11. The first kappa shape index (κ1) is 15.6. The Morgan fingerprint density at radius 3 is 2.63 bits per heavy atom. The van der Waals surface area contributed by atoms with Crippen LogP contribution in [0.3, 0.4) is 0 Å². The lowest BCUT2D eigenvalue weighted by atomic mass is 10.4. The minimum atomic E-state index is -3.70. The number of aromatic amines is 1. The minimum Gasteiger partial charge on any atom is -0.353 e. The third-order valence-electron chi connectivity index (χ3n) is 2.44. The van der Waals surface area contributed by atoms with E-state index < -0.39 is 10.0 Å². The van der Waals surface area contributed by atoms with E-state index in [1.165, 1.54) is 13.2 Å². The molecule has 0 bridgehead atoms. The van der Waals surface area contributed by atoms with Crippen LogP contribution in [0.15, 0.2) is 11.2 Å². The summed E-state index contributed by atoms with van der Waals surface area (Å²) in [5, 5.41) is 2.65. The topological polar surface area (TPSA) is 95.2 Å². The van der Waals surface area contributed by atoms with Gasteiger partial charge in [0.05, 0.1) is 12.7 Å².